The van der Waals surface area contributed by atoms with Gasteiger partial charge in [-0.2, -0.15) is 9.71 Å². The zero-order valence-corrected chi connectivity index (χ0v) is 15.6. The maximum atomic E-state index is 12.6. The van der Waals surface area contributed by atoms with Gasteiger partial charge >= 0.3 is 0 Å². The Morgan fingerprint density at radius 2 is 1.93 bits per heavy atom. The highest BCUT2D eigenvalue weighted by molar-refractivity contribution is 7.89. The van der Waals surface area contributed by atoms with Crippen molar-refractivity contribution in [2.45, 2.75) is 30.3 Å². The number of primary amides is 1. The number of aromatic nitrogens is 2. The van der Waals surface area contributed by atoms with Crippen LogP contribution in [0.25, 0.3) is 0 Å². The summed E-state index contributed by atoms with van der Waals surface area (Å²) in [5, 5.41) is 15.1. The molecular weight excluding hydrogens is 392 g/mol. The summed E-state index contributed by atoms with van der Waals surface area (Å²) in [6.45, 7) is 0.869. The topological polar surface area (TPSA) is 204 Å². The molecule has 2 rings (SSSR count). The molecule has 28 heavy (non-hydrogen) atoms. The highest BCUT2D eigenvalue weighted by Crippen LogP contribution is 2.21. The van der Waals surface area contributed by atoms with Gasteiger partial charge in [0.25, 0.3) is 0 Å². The number of nitrogens with two attached hydrogens (primary N) is 2. The van der Waals surface area contributed by atoms with Crippen molar-refractivity contribution in [1.82, 2.24) is 14.9 Å². The van der Waals surface area contributed by atoms with E-state index in [9.17, 15) is 18.0 Å². The minimum absolute atomic E-state index is 0.0502. The van der Waals surface area contributed by atoms with Crippen molar-refractivity contribution < 1.29 is 27.6 Å². The minimum atomic E-state index is -4.09. The van der Waals surface area contributed by atoms with Crippen LogP contribution in [0, 0.1) is 0 Å². The first-order valence-corrected chi connectivity index (χ1v) is 9.49. The number of hydrogen-bond donors (Lipinski definition) is 5. The predicted octanol–water partition coefficient (Wildman–Crippen LogP) is -1.08. The van der Waals surface area contributed by atoms with E-state index in [0.717, 1.165) is 0 Å². The van der Waals surface area contributed by atoms with Crippen LogP contribution < -0.4 is 21.5 Å². The SMILES string of the molecule is CC(=O)Nc1ccc(S(=O)(=O)N[C@@H](CC(N)=O)c2nc([C@@H](N)CO)no2)cc1. The van der Waals surface area contributed by atoms with Crippen molar-refractivity contribution in [2.24, 2.45) is 11.5 Å². The van der Waals surface area contributed by atoms with Crippen LogP contribution in [-0.4, -0.2) is 42.1 Å². The van der Waals surface area contributed by atoms with Crippen molar-refractivity contribution in [1.29, 1.82) is 0 Å². The molecule has 0 fully saturated rings. The fourth-order valence-electron chi connectivity index (χ4n) is 2.18. The fraction of sp³-hybridized carbons (Fsp3) is 0.333. The standard InChI is InChI=1S/C15H20N6O6S/c1-8(23)18-9-2-4-10(5-3-9)28(25,26)21-12(6-13(17)24)15-19-14(20-27-15)11(16)7-22/h2-5,11-12,21-22H,6-7,16H2,1H3,(H2,17,24)(H,18,23)/t11-,12-/m0/s1. The lowest BCUT2D eigenvalue weighted by Gasteiger charge is -2.14. The monoisotopic (exact) mass is 412 g/mol. The van der Waals surface area contributed by atoms with Gasteiger partial charge in [0.2, 0.25) is 27.7 Å². The Labute approximate surface area is 160 Å². The Hall–Kier alpha value is -2.87. The molecule has 1 aromatic heterocycles. The second-order valence-corrected chi connectivity index (χ2v) is 7.54. The maximum Gasteiger partial charge on any atom is 0.245 e. The van der Waals surface area contributed by atoms with Crippen LogP contribution in [0.5, 0.6) is 0 Å². The predicted molar refractivity (Wildman–Crippen MR) is 95.9 cm³/mol. The van der Waals surface area contributed by atoms with Crippen LogP contribution in [0.15, 0.2) is 33.7 Å². The van der Waals surface area contributed by atoms with Crippen LogP contribution >= 0.6 is 0 Å². The van der Waals surface area contributed by atoms with Crippen LogP contribution in [0.2, 0.25) is 0 Å². The number of benzene rings is 1. The summed E-state index contributed by atoms with van der Waals surface area (Å²) < 4.78 is 32.5. The number of carbonyl (C=O) groups is 2. The van der Waals surface area contributed by atoms with E-state index in [2.05, 4.69) is 20.2 Å². The molecule has 152 valence electrons. The van der Waals surface area contributed by atoms with Gasteiger partial charge in [0.15, 0.2) is 5.82 Å². The Bertz CT molecular complexity index is 942. The lowest BCUT2D eigenvalue weighted by Crippen LogP contribution is -2.32. The minimum Gasteiger partial charge on any atom is -0.394 e. The molecule has 0 saturated heterocycles. The van der Waals surface area contributed by atoms with Crippen LogP contribution in [0.3, 0.4) is 0 Å². The van der Waals surface area contributed by atoms with Gasteiger partial charge in [0.05, 0.1) is 24.0 Å². The Morgan fingerprint density at radius 3 is 2.46 bits per heavy atom. The number of hydrogen-bond acceptors (Lipinski definition) is 9. The first kappa shape index (κ1) is 21.4. The van der Waals surface area contributed by atoms with E-state index in [-0.39, 0.29) is 22.5 Å². The third-order valence-corrected chi connectivity index (χ3v) is 4.96. The molecule has 0 saturated carbocycles. The number of carbonyl (C=O) groups excluding carboxylic acids is 2. The van der Waals surface area contributed by atoms with Gasteiger partial charge in [0, 0.05) is 12.6 Å². The molecular formula is C15H20N6O6S. The maximum absolute atomic E-state index is 12.6. The van der Waals surface area contributed by atoms with E-state index in [1.54, 1.807) is 0 Å². The van der Waals surface area contributed by atoms with Gasteiger partial charge in [-0.1, -0.05) is 5.16 Å². The van der Waals surface area contributed by atoms with Crippen molar-refractivity contribution in [2.75, 3.05) is 11.9 Å². The number of nitrogens with zero attached hydrogens (tertiary/aromatic N) is 2. The van der Waals surface area contributed by atoms with Gasteiger partial charge in [-0.05, 0) is 24.3 Å². The van der Waals surface area contributed by atoms with E-state index >= 15 is 0 Å². The van der Waals surface area contributed by atoms with Crippen molar-refractivity contribution >= 4 is 27.5 Å². The molecule has 0 aliphatic heterocycles. The van der Waals surface area contributed by atoms with Crippen molar-refractivity contribution in [3.63, 3.8) is 0 Å². The third kappa shape index (κ3) is 5.56. The fourth-order valence-corrected chi connectivity index (χ4v) is 3.37. The van der Waals surface area contributed by atoms with Crippen LogP contribution in [0.1, 0.15) is 37.1 Å². The summed E-state index contributed by atoms with van der Waals surface area (Å²) >= 11 is 0. The second kappa shape index (κ2) is 8.88. The van der Waals surface area contributed by atoms with E-state index < -0.39 is 41.0 Å². The number of anilines is 1. The van der Waals surface area contributed by atoms with Crippen molar-refractivity contribution in [3.8, 4) is 0 Å². The molecule has 2 amide bonds. The van der Waals surface area contributed by atoms with Gasteiger partial charge in [-0.3, -0.25) is 9.59 Å². The Balaban J connectivity index is 2.26. The summed E-state index contributed by atoms with van der Waals surface area (Å²) in [4.78, 5) is 26.2. The second-order valence-electron chi connectivity index (χ2n) is 5.83. The quantitative estimate of drug-likeness (QED) is 0.339. The molecule has 12 nitrogen and oxygen atoms in total. The average Bonchev–Trinajstić information content (AvgIpc) is 3.10. The van der Waals surface area contributed by atoms with Crippen molar-refractivity contribution in [3.05, 3.63) is 36.0 Å². The summed E-state index contributed by atoms with van der Waals surface area (Å²) in [5.41, 5.74) is 11.2. The van der Waals surface area contributed by atoms with Gasteiger partial charge in [-0.25, -0.2) is 8.42 Å². The zero-order chi connectivity index (χ0) is 20.9. The summed E-state index contributed by atoms with van der Waals surface area (Å²) in [5.74, 6) is -1.38. The molecule has 0 bridgehead atoms. The van der Waals surface area contributed by atoms with E-state index in [4.69, 9.17) is 21.1 Å². The molecule has 2 atom stereocenters. The van der Waals surface area contributed by atoms with E-state index in [1.807, 2.05) is 0 Å². The summed E-state index contributed by atoms with van der Waals surface area (Å²) in [6.07, 6.45) is -0.445. The molecule has 2 aromatic rings. The van der Waals surface area contributed by atoms with Gasteiger partial charge in [0.1, 0.15) is 6.04 Å². The molecule has 1 heterocycles. The number of amides is 2. The zero-order valence-electron chi connectivity index (χ0n) is 14.8. The first-order chi connectivity index (χ1) is 13.1. The Kier molecular flexibility index (Phi) is 6.80. The lowest BCUT2D eigenvalue weighted by atomic mass is 10.2. The van der Waals surface area contributed by atoms with E-state index in [0.29, 0.717) is 5.69 Å². The number of rotatable bonds is 9. The molecule has 1 aromatic carbocycles. The summed E-state index contributed by atoms with van der Waals surface area (Å²) in [7, 11) is -4.09. The average molecular weight is 412 g/mol. The normalized spacial score (nSPS) is 13.7. The largest absolute Gasteiger partial charge is 0.394 e. The molecule has 0 aliphatic carbocycles. The highest BCUT2D eigenvalue weighted by Gasteiger charge is 2.28. The molecule has 0 radical (unpaired) electrons. The molecule has 0 spiro atoms. The first-order valence-electron chi connectivity index (χ1n) is 8.00. The number of aliphatic hydroxyl groups excluding tert-OH is 1. The molecule has 0 aliphatic rings. The number of aliphatic hydroxyl groups is 1. The molecule has 0 unspecified atom stereocenters. The Morgan fingerprint density at radius 1 is 1.29 bits per heavy atom. The number of sulfonamides is 1. The van der Waals surface area contributed by atoms with Gasteiger partial charge in [-0.15, -0.1) is 0 Å². The third-order valence-electron chi connectivity index (χ3n) is 3.47. The highest BCUT2D eigenvalue weighted by atomic mass is 32.2. The van der Waals surface area contributed by atoms with Crippen LogP contribution in [0.4, 0.5) is 5.69 Å². The molecule has 13 heteroatoms. The van der Waals surface area contributed by atoms with Gasteiger partial charge < -0.3 is 26.4 Å². The summed E-state index contributed by atoms with van der Waals surface area (Å²) in [6, 6.07) is 3.20. The smallest absolute Gasteiger partial charge is 0.245 e. The molecule has 7 N–H and O–H groups in total. The number of nitrogens with one attached hydrogen (secondary N) is 2. The lowest BCUT2D eigenvalue weighted by molar-refractivity contribution is -0.118. The van der Waals surface area contributed by atoms with E-state index in [1.165, 1.54) is 31.2 Å². The van der Waals surface area contributed by atoms with Crippen LogP contribution in [-0.2, 0) is 19.6 Å².